The predicted octanol–water partition coefficient (Wildman–Crippen LogP) is 1.84. The molecule has 0 aliphatic rings. The monoisotopic (exact) mass is 317 g/mol. The zero-order valence-electron chi connectivity index (χ0n) is 13.7. The molecule has 1 aromatic rings. The minimum atomic E-state index is -0.401. The maximum Gasteiger partial charge on any atom is 0.339 e. The van der Waals surface area contributed by atoms with Crippen LogP contribution in [0.1, 0.15) is 42.1 Å². The summed E-state index contributed by atoms with van der Waals surface area (Å²) in [6, 6.07) is 7.05. The number of nitrogens with zero attached hydrogens (tertiary/aromatic N) is 1. The van der Waals surface area contributed by atoms with Crippen molar-refractivity contribution in [1.29, 1.82) is 0 Å². The van der Waals surface area contributed by atoms with Gasteiger partial charge in [0.2, 0.25) is 5.91 Å². The van der Waals surface area contributed by atoms with Crippen LogP contribution in [0.3, 0.4) is 0 Å². The summed E-state index contributed by atoms with van der Waals surface area (Å²) in [6.07, 6.45) is 1.95. The van der Waals surface area contributed by atoms with Crippen LogP contribution in [0.25, 0.3) is 0 Å². The van der Waals surface area contributed by atoms with Gasteiger partial charge in [0, 0.05) is 38.6 Å². The first-order chi connectivity index (χ1) is 11.1. The van der Waals surface area contributed by atoms with E-state index < -0.39 is 5.97 Å². The number of aliphatic hydroxyl groups excluding tert-OH is 1. The van der Waals surface area contributed by atoms with Crippen LogP contribution in [-0.4, -0.2) is 48.7 Å². The van der Waals surface area contributed by atoms with E-state index in [1.807, 2.05) is 6.07 Å². The minimum Gasteiger partial charge on any atom is -0.465 e. The minimum absolute atomic E-state index is 0.00226. The molecule has 1 aromatic carbocycles. The van der Waals surface area contributed by atoms with Crippen molar-refractivity contribution in [3.05, 3.63) is 35.4 Å². The van der Waals surface area contributed by atoms with Crippen LogP contribution in [0.5, 0.6) is 0 Å². The average molecular weight is 317 g/mol. The highest BCUT2D eigenvalue weighted by Gasteiger charge is 2.09. The SMILES string of the molecule is COC(=O)c1ccccc1C#CCCCN(CCCO)C(C)=O. The van der Waals surface area contributed by atoms with Gasteiger partial charge in [0.15, 0.2) is 0 Å². The van der Waals surface area contributed by atoms with Crippen LogP contribution in [0.4, 0.5) is 0 Å². The van der Waals surface area contributed by atoms with E-state index in [1.54, 1.807) is 23.1 Å². The zero-order valence-corrected chi connectivity index (χ0v) is 13.7. The Bertz CT molecular complexity index is 586. The first kappa shape index (κ1) is 18.7. The number of methoxy groups -OCH3 is 1. The van der Waals surface area contributed by atoms with Gasteiger partial charge in [-0.25, -0.2) is 4.79 Å². The first-order valence-corrected chi connectivity index (χ1v) is 7.62. The number of ether oxygens (including phenoxy) is 1. The lowest BCUT2D eigenvalue weighted by Gasteiger charge is -2.19. The second kappa shape index (κ2) is 10.4. The van der Waals surface area contributed by atoms with Crippen LogP contribution in [0.15, 0.2) is 24.3 Å². The van der Waals surface area contributed by atoms with Gasteiger partial charge in [0.05, 0.1) is 12.7 Å². The number of carbonyl (C=O) groups is 2. The van der Waals surface area contributed by atoms with Gasteiger partial charge in [0.1, 0.15) is 0 Å². The number of unbranched alkanes of at least 4 members (excludes halogenated alkanes) is 1. The molecule has 0 saturated heterocycles. The van der Waals surface area contributed by atoms with Gasteiger partial charge in [-0.05, 0) is 25.0 Å². The van der Waals surface area contributed by atoms with Gasteiger partial charge in [0.25, 0.3) is 0 Å². The van der Waals surface area contributed by atoms with Crippen molar-refractivity contribution in [2.75, 3.05) is 26.8 Å². The standard InChI is InChI=1S/C18H23NO4/c1-15(21)19(13-8-14-20)12-7-3-4-9-16-10-5-6-11-17(16)18(22)23-2/h5-6,10-11,20H,3,7-8,12-14H2,1-2H3. The van der Waals surface area contributed by atoms with Crippen molar-refractivity contribution in [1.82, 2.24) is 4.90 Å². The van der Waals surface area contributed by atoms with Crippen molar-refractivity contribution < 1.29 is 19.4 Å². The third-order valence-corrected chi connectivity index (χ3v) is 3.32. The van der Waals surface area contributed by atoms with Crippen LogP contribution >= 0.6 is 0 Å². The largest absolute Gasteiger partial charge is 0.465 e. The van der Waals surface area contributed by atoms with Gasteiger partial charge in [-0.1, -0.05) is 24.0 Å². The Labute approximate surface area is 137 Å². The van der Waals surface area contributed by atoms with Crippen molar-refractivity contribution >= 4 is 11.9 Å². The molecule has 0 unspecified atom stereocenters. The van der Waals surface area contributed by atoms with E-state index in [0.29, 0.717) is 37.1 Å². The lowest BCUT2D eigenvalue weighted by molar-refractivity contribution is -0.129. The number of hydrogen-bond donors (Lipinski definition) is 1. The molecule has 0 aliphatic heterocycles. The van der Waals surface area contributed by atoms with Crippen LogP contribution in [0.2, 0.25) is 0 Å². The van der Waals surface area contributed by atoms with Crippen molar-refractivity contribution in [2.45, 2.75) is 26.2 Å². The van der Waals surface area contributed by atoms with Gasteiger partial charge >= 0.3 is 5.97 Å². The highest BCUT2D eigenvalue weighted by molar-refractivity contribution is 5.92. The Kier molecular flexibility index (Phi) is 8.48. The summed E-state index contributed by atoms with van der Waals surface area (Å²) in [5, 5.41) is 8.83. The smallest absolute Gasteiger partial charge is 0.339 e. The molecule has 1 N–H and O–H groups in total. The highest BCUT2D eigenvalue weighted by Crippen LogP contribution is 2.08. The van der Waals surface area contributed by atoms with E-state index in [-0.39, 0.29) is 12.5 Å². The molecule has 5 heteroatoms. The Morgan fingerprint density at radius 2 is 1.91 bits per heavy atom. The molecular formula is C18H23NO4. The summed E-state index contributed by atoms with van der Waals surface area (Å²) < 4.78 is 4.73. The summed E-state index contributed by atoms with van der Waals surface area (Å²) >= 11 is 0. The average Bonchev–Trinajstić information content (AvgIpc) is 2.56. The topological polar surface area (TPSA) is 66.8 Å². The molecule has 1 amide bonds. The van der Waals surface area contributed by atoms with Crippen molar-refractivity contribution in [2.24, 2.45) is 0 Å². The maximum absolute atomic E-state index is 11.6. The summed E-state index contributed by atoms with van der Waals surface area (Å²) in [4.78, 5) is 24.8. The van der Waals surface area contributed by atoms with E-state index in [4.69, 9.17) is 9.84 Å². The van der Waals surface area contributed by atoms with Crippen molar-refractivity contribution in [3.63, 3.8) is 0 Å². The lowest BCUT2D eigenvalue weighted by Crippen LogP contribution is -2.31. The summed E-state index contributed by atoms with van der Waals surface area (Å²) in [5.41, 5.74) is 1.10. The van der Waals surface area contributed by atoms with E-state index in [0.717, 1.165) is 6.42 Å². The molecule has 0 aromatic heterocycles. The van der Waals surface area contributed by atoms with Crippen molar-refractivity contribution in [3.8, 4) is 11.8 Å². The Morgan fingerprint density at radius 3 is 2.57 bits per heavy atom. The van der Waals surface area contributed by atoms with Gasteiger partial charge in [-0.2, -0.15) is 0 Å². The molecule has 0 heterocycles. The number of rotatable bonds is 7. The molecule has 0 radical (unpaired) electrons. The van der Waals surface area contributed by atoms with Gasteiger partial charge in [-0.3, -0.25) is 4.79 Å². The molecule has 0 spiro atoms. The second-order valence-electron chi connectivity index (χ2n) is 5.03. The number of benzene rings is 1. The summed E-state index contributed by atoms with van der Waals surface area (Å²) in [5.74, 6) is 5.61. The summed E-state index contributed by atoms with van der Waals surface area (Å²) in [7, 11) is 1.34. The molecule has 1 rings (SSSR count). The van der Waals surface area contributed by atoms with E-state index in [1.165, 1.54) is 14.0 Å². The van der Waals surface area contributed by atoms with E-state index >= 15 is 0 Å². The number of amides is 1. The second-order valence-corrected chi connectivity index (χ2v) is 5.03. The molecule has 5 nitrogen and oxygen atoms in total. The molecule has 0 fully saturated rings. The fourth-order valence-electron chi connectivity index (χ4n) is 2.08. The Hall–Kier alpha value is -2.32. The molecule has 0 aliphatic carbocycles. The first-order valence-electron chi connectivity index (χ1n) is 7.62. The Morgan fingerprint density at radius 1 is 1.22 bits per heavy atom. The summed E-state index contributed by atoms with van der Waals surface area (Å²) in [6.45, 7) is 2.77. The third kappa shape index (κ3) is 6.54. The van der Waals surface area contributed by atoms with Crippen LogP contribution in [0, 0.1) is 11.8 Å². The number of hydrogen-bond acceptors (Lipinski definition) is 4. The fraction of sp³-hybridized carbons (Fsp3) is 0.444. The molecule has 0 saturated carbocycles. The van der Waals surface area contributed by atoms with Gasteiger partial charge < -0.3 is 14.7 Å². The number of esters is 1. The molecule has 0 atom stereocenters. The lowest BCUT2D eigenvalue weighted by atomic mass is 10.1. The number of carbonyl (C=O) groups excluding carboxylic acids is 2. The van der Waals surface area contributed by atoms with Crippen LogP contribution < -0.4 is 0 Å². The predicted molar refractivity (Wildman–Crippen MR) is 87.9 cm³/mol. The molecular weight excluding hydrogens is 294 g/mol. The Balaban J connectivity index is 2.55. The molecule has 23 heavy (non-hydrogen) atoms. The number of aliphatic hydroxyl groups is 1. The normalized spacial score (nSPS) is 9.70. The van der Waals surface area contributed by atoms with Crippen LogP contribution in [-0.2, 0) is 9.53 Å². The molecule has 0 bridgehead atoms. The highest BCUT2D eigenvalue weighted by atomic mass is 16.5. The quantitative estimate of drug-likeness (QED) is 0.473. The molecule has 124 valence electrons. The fourth-order valence-corrected chi connectivity index (χ4v) is 2.08. The van der Waals surface area contributed by atoms with E-state index in [9.17, 15) is 9.59 Å². The maximum atomic E-state index is 11.6. The zero-order chi connectivity index (χ0) is 17.1. The van der Waals surface area contributed by atoms with Gasteiger partial charge in [-0.15, -0.1) is 0 Å². The van der Waals surface area contributed by atoms with E-state index in [2.05, 4.69) is 11.8 Å². The third-order valence-electron chi connectivity index (χ3n) is 3.32.